The first-order valence-electron chi connectivity index (χ1n) is 22.6. The molecule has 53 heavy (non-hydrogen) atoms. The third-order valence-electron chi connectivity index (χ3n) is 12.2. The highest BCUT2D eigenvalue weighted by Crippen LogP contribution is 2.62. The van der Waals surface area contributed by atoms with Crippen molar-refractivity contribution >= 4 is 45.3 Å². The molecule has 0 fully saturated rings. The Labute approximate surface area is 342 Å². The van der Waals surface area contributed by atoms with Crippen molar-refractivity contribution in [1.82, 2.24) is 0 Å². The molecule has 0 aliphatic heterocycles. The summed E-state index contributed by atoms with van der Waals surface area (Å²) in [5.41, 5.74) is 6.81. The van der Waals surface area contributed by atoms with E-state index in [9.17, 15) is 0 Å². The minimum atomic E-state index is 0.178. The lowest BCUT2D eigenvalue weighted by Gasteiger charge is -2.31. The SMILES string of the molecule is CCCCCCCCc1ccsc1-c1cc2c(s1)-c1sc(-c3sccc3CCCCCCCC)cc1C2(CCCCCCCC)CCCCCCCC. The highest BCUT2D eigenvalue weighted by atomic mass is 32.1. The molecule has 4 aromatic rings. The fraction of sp³-hybridized carbons (Fsp3) is 0.673. The van der Waals surface area contributed by atoms with E-state index in [1.54, 1.807) is 51.5 Å². The molecule has 294 valence electrons. The topological polar surface area (TPSA) is 0 Å². The van der Waals surface area contributed by atoms with Crippen LogP contribution in [0.1, 0.15) is 217 Å². The van der Waals surface area contributed by atoms with Gasteiger partial charge in [-0.2, -0.15) is 0 Å². The Kier molecular flexibility index (Phi) is 19.3. The maximum Gasteiger partial charge on any atom is 0.0493 e. The van der Waals surface area contributed by atoms with Gasteiger partial charge < -0.3 is 0 Å². The van der Waals surface area contributed by atoms with Gasteiger partial charge in [0.15, 0.2) is 0 Å². The third-order valence-corrected chi connectivity index (χ3v) is 16.9. The second kappa shape index (κ2) is 23.8. The molecule has 0 N–H and O–H groups in total. The third kappa shape index (κ3) is 11.9. The van der Waals surface area contributed by atoms with Crippen molar-refractivity contribution in [3.63, 3.8) is 0 Å². The van der Waals surface area contributed by atoms with Crippen LogP contribution in [0.4, 0.5) is 0 Å². The number of fused-ring (bicyclic) bond motifs is 3. The number of rotatable bonds is 30. The number of aryl methyl sites for hydroxylation is 2. The van der Waals surface area contributed by atoms with Gasteiger partial charge in [0.05, 0.1) is 0 Å². The summed E-state index contributed by atoms with van der Waals surface area (Å²) in [4.78, 5) is 9.53. The molecule has 1 aliphatic rings. The monoisotopic (exact) mass is 790 g/mol. The fourth-order valence-electron chi connectivity index (χ4n) is 8.97. The van der Waals surface area contributed by atoms with Gasteiger partial charge in [-0.1, -0.05) is 169 Å². The van der Waals surface area contributed by atoms with Crippen molar-refractivity contribution in [3.05, 3.63) is 57.3 Å². The molecule has 0 unspecified atom stereocenters. The summed E-state index contributed by atoms with van der Waals surface area (Å²) in [5.74, 6) is 0. The van der Waals surface area contributed by atoms with Gasteiger partial charge >= 0.3 is 0 Å². The molecule has 0 nitrogen and oxygen atoms in total. The number of unbranched alkanes of at least 4 members (excludes halogenated alkanes) is 20. The molecular weight excluding hydrogens is 717 g/mol. The summed E-state index contributed by atoms with van der Waals surface area (Å²) in [6.07, 6.45) is 38.1. The number of hydrogen-bond acceptors (Lipinski definition) is 4. The van der Waals surface area contributed by atoms with Gasteiger partial charge in [-0.05, 0) is 95.8 Å². The number of thiophene rings is 4. The van der Waals surface area contributed by atoms with E-state index in [0.29, 0.717) is 0 Å². The molecule has 5 rings (SSSR count). The molecule has 0 amide bonds. The molecule has 4 heteroatoms. The van der Waals surface area contributed by atoms with E-state index in [4.69, 9.17) is 0 Å². The Balaban J connectivity index is 1.45. The molecule has 0 saturated heterocycles. The van der Waals surface area contributed by atoms with Crippen LogP contribution < -0.4 is 0 Å². The van der Waals surface area contributed by atoms with Crippen LogP contribution in [0.25, 0.3) is 29.3 Å². The van der Waals surface area contributed by atoms with Crippen LogP contribution in [-0.2, 0) is 18.3 Å². The highest BCUT2D eigenvalue weighted by Gasteiger charge is 2.45. The standard InChI is InChI=1S/C49H74S4/c1-5-9-13-17-21-25-29-39-31-35-50-45(39)43-37-41-47(52-43)48-42(38-44(53-48)46-40(32-36-51-46)30-26-22-18-14-10-6-2)49(41,33-27-23-19-15-11-7-3)34-28-24-20-16-12-8-4/h31-32,35-38H,5-30,33-34H2,1-4H3. The molecule has 0 saturated carbocycles. The molecule has 0 spiro atoms. The van der Waals surface area contributed by atoms with Crippen LogP contribution in [0.15, 0.2) is 35.0 Å². The summed E-state index contributed by atoms with van der Waals surface area (Å²) >= 11 is 8.31. The van der Waals surface area contributed by atoms with Crippen molar-refractivity contribution in [2.24, 2.45) is 0 Å². The zero-order valence-electron chi connectivity index (χ0n) is 34.4. The van der Waals surface area contributed by atoms with E-state index >= 15 is 0 Å². The summed E-state index contributed by atoms with van der Waals surface area (Å²) < 4.78 is 0. The minimum absolute atomic E-state index is 0.178. The lowest BCUT2D eigenvalue weighted by atomic mass is 9.71. The van der Waals surface area contributed by atoms with E-state index in [1.807, 2.05) is 22.7 Å². The average Bonchev–Trinajstić information content (AvgIpc) is 4.00. The largest absolute Gasteiger partial charge is 0.143 e. The van der Waals surface area contributed by atoms with E-state index in [1.165, 1.54) is 180 Å². The van der Waals surface area contributed by atoms with Gasteiger partial charge in [-0.3, -0.25) is 0 Å². The Morgan fingerprint density at radius 2 is 0.736 bits per heavy atom. The molecule has 0 atom stereocenters. The van der Waals surface area contributed by atoms with Crippen molar-refractivity contribution in [1.29, 1.82) is 0 Å². The van der Waals surface area contributed by atoms with Gasteiger partial charge in [-0.25, -0.2) is 0 Å². The highest BCUT2D eigenvalue weighted by molar-refractivity contribution is 7.28. The Hall–Kier alpha value is -1.20. The van der Waals surface area contributed by atoms with E-state index in [0.717, 1.165) is 0 Å². The molecule has 1 aliphatic carbocycles. The quantitative estimate of drug-likeness (QED) is 0.0462. The zero-order chi connectivity index (χ0) is 37.1. The van der Waals surface area contributed by atoms with Crippen molar-refractivity contribution in [2.45, 2.75) is 213 Å². The van der Waals surface area contributed by atoms with Crippen LogP contribution in [0.3, 0.4) is 0 Å². The summed E-state index contributed by atoms with van der Waals surface area (Å²) in [5, 5.41) is 4.76. The molecular formula is C49H74S4. The van der Waals surface area contributed by atoms with Crippen molar-refractivity contribution in [2.75, 3.05) is 0 Å². The molecule has 4 heterocycles. The Morgan fingerprint density at radius 3 is 1.11 bits per heavy atom. The Morgan fingerprint density at radius 1 is 0.396 bits per heavy atom. The van der Waals surface area contributed by atoms with E-state index < -0.39 is 0 Å². The Bertz CT molecular complexity index is 1440. The zero-order valence-corrected chi connectivity index (χ0v) is 37.7. The van der Waals surface area contributed by atoms with Crippen molar-refractivity contribution in [3.8, 4) is 29.3 Å². The molecule has 4 aromatic heterocycles. The van der Waals surface area contributed by atoms with Gasteiger partial charge in [0, 0.05) is 34.7 Å². The fourth-order valence-corrected chi connectivity index (χ4v) is 13.9. The van der Waals surface area contributed by atoms with E-state index in [-0.39, 0.29) is 5.41 Å². The van der Waals surface area contributed by atoms with Crippen LogP contribution in [0.2, 0.25) is 0 Å². The second-order valence-electron chi connectivity index (χ2n) is 16.4. The van der Waals surface area contributed by atoms with E-state index in [2.05, 4.69) is 85.4 Å². The molecule has 0 radical (unpaired) electrons. The summed E-state index contributed by atoms with van der Waals surface area (Å²) in [6, 6.07) is 10.4. The van der Waals surface area contributed by atoms with Crippen LogP contribution in [0.5, 0.6) is 0 Å². The minimum Gasteiger partial charge on any atom is -0.143 e. The van der Waals surface area contributed by atoms with Gasteiger partial charge in [0.1, 0.15) is 0 Å². The summed E-state index contributed by atoms with van der Waals surface area (Å²) in [6.45, 7) is 9.34. The van der Waals surface area contributed by atoms with Gasteiger partial charge in [0.2, 0.25) is 0 Å². The van der Waals surface area contributed by atoms with Crippen LogP contribution >= 0.6 is 45.3 Å². The lowest BCUT2D eigenvalue weighted by Crippen LogP contribution is -2.25. The maximum atomic E-state index is 2.73. The van der Waals surface area contributed by atoms with Crippen LogP contribution in [0, 0.1) is 0 Å². The normalized spacial score (nSPS) is 13.3. The van der Waals surface area contributed by atoms with Crippen molar-refractivity contribution < 1.29 is 0 Å². The first-order chi connectivity index (χ1) is 26.2. The van der Waals surface area contributed by atoms with Gasteiger partial charge in [-0.15, -0.1) is 45.3 Å². The predicted molar refractivity (Wildman–Crippen MR) is 245 cm³/mol. The summed E-state index contributed by atoms with van der Waals surface area (Å²) in [7, 11) is 0. The maximum absolute atomic E-state index is 2.73. The van der Waals surface area contributed by atoms with Crippen LogP contribution in [-0.4, -0.2) is 0 Å². The molecule has 0 bridgehead atoms. The lowest BCUT2D eigenvalue weighted by molar-refractivity contribution is 0.399. The molecule has 0 aromatic carbocycles. The smallest absolute Gasteiger partial charge is 0.0493 e. The van der Waals surface area contributed by atoms with Gasteiger partial charge in [0.25, 0.3) is 0 Å². The average molecular weight is 791 g/mol. The first-order valence-corrected chi connectivity index (χ1v) is 26.0. The predicted octanol–water partition coefficient (Wildman–Crippen LogP) is 18.8. The second-order valence-corrected chi connectivity index (χ2v) is 20.3. The number of hydrogen-bond donors (Lipinski definition) is 0. The first kappa shape index (κ1) is 42.9.